The molecule has 0 aromatic heterocycles. The number of likely N-dealkylation sites (tertiary alicyclic amines) is 1. The second-order valence-electron chi connectivity index (χ2n) is 6.36. The molecule has 2 rings (SSSR count). The van der Waals surface area contributed by atoms with Crippen molar-refractivity contribution in [2.24, 2.45) is 5.73 Å². The molecule has 1 fully saturated rings. The first-order valence-corrected chi connectivity index (χ1v) is 9.11. The number of hydrogen-bond donors (Lipinski definition) is 1. The number of piperidine rings is 1. The Bertz CT molecular complexity index is 569. The van der Waals surface area contributed by atoms with Crippen molar-refractivity contribution in [3.05, 3.63) is 35.1 Å². The highest BCUT2D eigenvalue weighted by Crippen LogP contribution is 2.18. The Balaban J connectivity index is 0.00000364. The Morgan fingerprint density at radius 1 is 1.26 bits per heavy atom. The van der Waals surface area contributed by atoms with Crippen LogP contribution in [0.25, 0.3) is 0 Å². The van der Waals surface area contributed by atoms with E-state index in [9.17, 15) is 9.18 Å². The Kier molecular flexibility index (Phi) is 11.5. The molecule has 27 heavy (non-hydrogen) atoms. The summed E-state index contributed by atoms with van der Waals surface area (Å²) in [5.41, 5.74) is 6.33. The number of ether oxygens (including phenoxy) is 3. The number of carbonyl (C=O) groups is 1. The number of amides is 1. The Hall–Kier alpha value is -1.25. The van der Waals surface area contributed by atoms with E-state index < -0.39 is 0 Å². The van der Waals surface area contributed by atoms with Crippen molar-refractivity contribution in [3.8, 4) is 0 Å². The van der Waals surface area contributed by atoms with Gasteiger partial charge in [-0.25, -0.2) is 4.39 Å². The van der Waals surface area contributed by atoms with Crippen molar-refractivity contribution < 1.29 is 23.4 Å². The molecule has 0 aliphatic carbocycles. The number of rotatable bonds is 10. The molecule has 6 nitrogen and oxygen atoms in total. The SMILES string of the molecule is COCCOCc1cc(C(=O)N2CCC(OCCCN)CC2)ccc1F.Cl. The van der Waals surface area contributed by atoms with E-state index >= 15 is 0 Å². The van der Waals surface area contributed by atoms with Crippen LogP contribution in [0.1, 0.15) is 35.2 Å². The fourth-order valence-electron chi connectivity index (χ4n) is 2.88. The molecule has 1 aromatic carbocycles. The minimum Gasteiger partial charge on any atom is -0.382 e. The molecule has 2 N–H and O–H groups in total. The molecular weight excluding hydrogens is 375 g/mol. The maximum atomic E-state index is 13.9. The number of carbonyl (C=O) groups excluding carboxylic acids is 1. The van der Waals surface area contributed by atoms with E-state index in [1.54, 1.807) is 18.1 Å². The number of benzene rings is 1. The summed E-state index contributed by atoms with van der Waals surface area (Å²) in [6, 6.07) is 4.43. The van der Waals surface area contributed by atoms with Gasteiger partial charge in [0.15, 0.2) is 0 Å². The molecular formula is C19H30ClFN2O4. The first-order chi connectivity index (χ1) is 12.7. The van der Waals surface area contributed by atoms with Crippen molar-refractivity contribution in [2.75, 3.05) is 46.6 Å². The van der Waals surface area contributed by atoms with Crippen LogP contribution in [0.2, 0.25) is 0 Å². The lowest BCUT2D eigenvalue weighted by Gasteiger charge is -2.32. The van der Waals surface area contributed by atoms with Crippen molar-refractivity contribution >= 4 is 18.3 Å². The minimum atomic E-state index is -0.369. The van der Waals surface area contributed by atoms with E-state index in [-0.39, 0.29) is 36.8 Å². The van der Waals surface area contributed by atoms with E-state index in [2.05, 4.69) is 0 Å². The minimum absolute atomic E-state index is 0. The predicted molar refractivity (Wildman–Crippen MR) is 104 cm³/mol. The van der Waals surface area contributed by atoms with Gasteiger partial charge in [-0.2, -0.15) is 0 Å². The summed E-state index contributed by atoms with van der Waals surface area (Å²) >= 11 is 0. The van der Waals surface area contributed by atoms with Gasteiger partial charge in [0, 0.05) is 37.9 Å². The molecule has 154 valence electrons. The molecule has 1 saturated heterocycles. The Morgan fingerprint density at radius 3 is 2.67 bits per heavy atom. The summed E-state index contributed by atoms with van der Waals surface area (Å²) < 4.78 is 29.9. The molecule has 0 spiro atoms. The fourth-order valence-corrected chi connectivity index (χ4v) is 2.88. The van der Waals surface area contributed by atoms with Gasteiger partial charge in [0.25, 0.3) is 5.91 Å². The highest BCUT2D eigenvalue weighted by atomic mass is 35.5. The Labute approximate surface area is 166 Å². The van der Waals surface area contributed by atoms with E-state index in [1.807, 2.05) is 0 Å². The van der Waals surface area contributed by atoms with Gasteiger partial charge in [-0.3, -0.25) is 4.79 Å². The van der Waals surface area contributed by atoms with Crippen LogP contribution in [0.4, 0.5) is 4.39 Å². The topological polar surface area (TPSA) is 74.0 Å². The molecule has 1 aliphatic heterocycles. The average molecular weight is 405 g/mol. The predicted octanol–water partition coefficient (Wildman–Crippen LogP) is 2.38. The van der Waals surface area contributed by atoms with E-state index in [1.165, 1.54) is 12.1 Å². The lowest BCUT2D eigenvalue weighted by atomic mass is 10.0. The largest absolute Gasteiger partial charge is 0.382 e. The van der Waals surface area contributed by atoms with Gasteiger partial charge in [-0.15, -0.1) is 12.4 Å². The van der Waals surface area contributed by atoms with Crippen LogP contribution in [-0.2, 0) is 20.8 Å². The zero-order valence-electron chi connectivity index (χ0n) is 15.8. The smallest absolute Gasteiger partial charge is 0.253 e. The molecule has 1 heterocycles. The van der Waals surface area contributed by atoms with Crippen LogP contribution in [0.5, 0.6) is 0 Å². The standard InChI is InChI=1S/C19H29FN2O4.ClH/c1-24-11-12-25-14-16-13-15(3-4-18(16)20)19(23)22-8-5-17(6-9-22)26-10-2-7-21;/h3-4,13,17H,2,5-12,14,21H2,1H3;1H. The molecule has 1 amide bonds. The van der Waals surface area contributed by atoms with Gasteiger partial charge in [-0.05, 0) is 44.0 Å². The lowest BCUT2D eigenvalue weighted by Crippen LogP contribution is -2.41. The lowest BCUT2D eigenvalue weighted by molar-refractivity contribution is 0.00843. The maximum absolute atomic E-state index is 13.9. The van der Waals surface area contributed by atoms with Crippen LogP contribution >= 0.6 is 12.4 Å². The van der Waals surface area contributed by atoms with Crippen LogP contribution in [0.3, 0.4) is 0 Å². The zero-order chi connectivity index (χ0) is 18.8. The highest BCUT2D eigenvalue weighted by molar-refractivity contribution is 5.94. The van der Waals surface area contributed by atoms with Crippen LogP contribution in [-0.4, -0.2) is 63.5 Å². The van der Waals surface area contributed by atoms with E-state index in [0.29, 0.717) is 50.6 Å². The molecule has 8 heteroatoms. The van der Waals surface area contributed by atoms with Gasteiger partial charge in [-0.1, -0.05) is 0 Å². The summed E-state index contributed by atoms with van der Waals surface area (Å²) in [5.74, 6) is -0.450. The molecule has 0 radical (unpaired) electrons. The summed E-state index contributed by atoms with van der Waals surface area (Å²) in [6.07, 6.45) is 2.66. The second kappa shape index (κ2) is 13.0. The number of nitrogens with two attached hydrogens (primary N) is 1. The Morgan fingerprint density at radius 2 is 2.00 bits per heavy atom. The maximum Gasteiger partial charge on any atom is 0.253 e. The third-order valence-corrected chi connectivity index (χ3v) is 4.41. The molecule has 0 unspecified atom stereocenters. The summed E-state index contributed by atoms with van der Waals surface area (Å²) in [6.45, 7) is 3.52. The van der Waals surface area contributed by atoms with Gasteiger partial charge in [0.2, 0.25) is 0 Å². The number of hydrogen-bond acceptors (Lipinski definition) is 5. The zero-order valence-corrected chi connectivity index (χ0v) is 16.6. The van der Waals surface area contributed by atoms with Crippen molar-refractivity contribution in [1.82, 2.24) is 4.90 Å². The molecule has 0 atom stereocenters. The quantitative estimate of drug-likeness (QED) is 0.606. The van der Waals surface area contributed by atoms with Crippen molar-refractivity contribution in [1.29, 1.82) is 0 Å². The normalized spacial score (nSPS) is 14.9. The van der Waals surface area contributed by atoms with Crippen LogP contribution < -0.4 is 5.73 Å². The summed E-state index contributed by atoms with van der Waals surface area (Å²) in [5, 5.41) is 0. The van der Waals surface area contributed by atoms with Gasteiger partial charge in [0.05, 0.1) is 25.9 Å². The third-order valence-electron chi connectivity index (χ3n) is 4.41. The van der Waals surface area contributed by atoms with Crippen molar-refractivity contribution in [3.63, 3.8) is 0 Å². The summed E-state index contributed by atoms with van der Waals surface area (Å²) in [4.78, 5) is 14.5. The van der Waals surface area contributed by atoms with Gasteiger partial charge >= 0.3 is 0 Å². The first-order valence-electron chi connectivity index (χ1n) is 9.11. The third kappa shape index (κ3) is 7.71. The number of nitrogens with zero attached hydrogens (tertiary/aromatic N) is 1. The van der Waals surface area contributed by atoms with Crippen LogP contribution in [0, 0.1) is 5.82 Å². The van der Waals surface area contributed by atoms with Gasteiger partial charge < -0.3 is 24.8 Å². The highest BCUT2D eigenvalue weighted by Gasteiger charge is 2.24. The molecule has 1 aliphatic rings. The molecule has 1 aromatic rings. The van der Waals surface area contributed by atoms with E-state index in [4.69, 9.17) is 19.9 Å². The first kappa shape index (κ1) is 23.8. The summed E-state index contributed by atoms with van der Waals surface area (Å²) in [7, 11) is 1.58. The molecule has 0 bridgehead atoms. The van der Waals surface area contributed by atoms with Crippen molar-refractivity contribution in [2.45, 2.75) is 32.0 Å². The number of halogens is 2. The van der Waals surface area contributed by atoms with E-state index in [0.717, 1.165) is 19.3 Å². The average Bonchev–Trinajstić information content (AvgIpc) is 2.67. The fraction of sp³-hybridized carbons (Fsp3) is 0.632. The monoisotopic (exact) mass is 404 g/mol. The number of methoxy groups -OCH3 is 1. The molecule has 0 saturated carbocycles. The van der Waals surface area contributed by atoms with Crippen LogP contribution in [0.15, 0.2) is 18.2 Å². The van der Waals surface area contributed by atoms with Gasteiger partial charge in [0.1, 0.15) is 5.82 Å². The second-order valence-corrected chi connectivity index (χ2v) is 6.36.